The van der Waals surface area contributed by atoms with Gasteiger partial charge in [0, 0.05) is 6.54 Å². The van der Waals surface area contributed by atoms with Crippen LogP contribution in [0, 0.1) is 13.8 Å². The van der Waals surface area contributed by atoms with E-state index < -0.39 is 0 Å². The summed E-state index contributed by atoms with van der Waals surface area (Å²) in [5.74, 6) is 0.284. The van der Waals surface area contributed by atoms with E-state index in [2.05, 4.69) is 10.5 Å². The molecule has 0 aliphatic heterocycles. The maximum Gasteiger partial charge on any atom is 0.257 e. The highest BCUT2D eigenvalue weighted by atomic mass is 35.5. The fraction of sp³-hybridized carbons (Fsp3) is 0.231. The summed E-state index contributed by atoms with van der Waals surface area (Å²) in [6, 6.07) is 5.22. The predicted molar refractivity (Wildman–Crippen MR) is 73.6 cm³/mol. The maximum atomic E-state index is 12.0. The van der Waals surface area contributed by atoms with Gasteiger partial charge in [0.1, 0.15) is 11.3 Å². The lowest BCUT2D eigenvalue weighted by Crippen LogP contribution is -2.23. The second kappa shape index (κ2) is 5.63. The highest BCUT2D eigenvalue weighted by Crippen LogP contribution is 2.22. The minimum absolute atomic E-state index is 0.220. The summed E-state index contributed by atoms with van der Waals surface area (Å²) < 4.78 is 4.95. The van der Waals surface area contributed by atoms with Gasteiger partial charge in [0.25, 0.3) is 5.91 Å². The van der Waals surface area contributed by atoms with Gasteiger partial charge in [-0.2, -0.15) is 0 Å². The molecule has 0 unspecified atom stereocenters. The summed E-state index contributed by atoms with van der Waals surface area (Å²) in [6.45, 7) is 3.79. The molecule has 1 amide bonds. The van der Waals surface area contributed by atoms with E-state index in [1.165, 1.54) is 0 Å². The van der Waals surface area contributed by atoms with Crippen LogP contribution in [0.25, 0.3) is 0 Å². The first kappa shape index (κ1) is 13.9. The Bertz CT molecular complexity index is 604. The van der Waals surface area contributed by atoms with Gasteiger partial charge in [-0.1, -0.05) is 34.4 Å². The number of aryl methyl sites for hydroxylation is 2. The third kappa shape index (κ3) is 3.08. The molecule has 0 radical (unpaired) electrons. The largest absolute Gasteiger partial charge is 0.361 e. The number of nitrogens with one attached hydrogen (secondary N) is 1. The molecule has 0 saturated carbocycles. The molecule has 19 heavy (non-hydrogen) atoms. The van der Waals surface area contributed by atoms with Crippen molar-refractivity contribution < 1.29 is 9.32 Å². The van der Waals surface area contributed by atoms with Crippen molar-refractivity contribution >= 4 is 29.1 Å². The van der Waals surface area contributed by atoms with Crippen LogP contribution < -0.4 is 5.32 Å². The Labute approximate surface area is 120 Å². The number of rotatable bonds is 3. The fourth-order valence-electron chi connectivity index (χ4n) is 1.73. The molecule has 1 heterocycles. The Morgan fingerprint density at radius 3 is 2.63 bits per heavy atom. The molecule has 1 aromatic heterocycles. The van der Waals surface area contributed by atoms with Crippen molar-refractivity contribution in [1.82, 2.24) is 10.5 Å². The molecule has 0 saturated heterocycles. The molecule has 6 heteroatoms. The molecule has 0 atom stereocenters. The summed E-state index contributed by atoms with van der Waals surface area (Å²) >= 11 is 11.7. The zero-order valence-corrected chi connectivity index (χ0v) is 12.0. The van der Waals surface area contributed by atoms with Crippen molar-refractivity contribution in [3.63, 3.8) is 0 Å². The van der Waals surface area contributed by atoms with Crippen molar-refractivity contribution in [2.75, 3.05) is 0 Å². The summed E-state index contributed by atoms with van der Waals surface area (Å²) in [4.78, 5) is 12.0. The van der Waals surface area contributed by atoms with Crippen molar-refractivity contribution in [2.24, 2.45) is 0 Å². The lowest BCUT2D eigenvalue weighted by molar-refractivity contribution is 0.0949. The van der Waals surface area contributed by atoms with E-state index in [1.807, 2.05) is 6.07 Å². The van der Waals surface area contributed by atoms with Crippen LogP contribution in [0.2, 0.25) is 10.0 Å². The molecule has 0 aliphatic carbocycles. The van der Waals surface area contributed by atoms with Crippen LogP contribution in [0.1, 0.15) is 27.4 Å². The number of halogens is 2. The predicted octanol–water partition coefficient (Wildman–Crippen LogP) is 3.53. The SMILES string of the molecule is Cc1noc(C)c1C(=O)NCc1ccc(Cl)c(Cl)c1. The van der Waals surface area contributed by atoms with Gasteiger partial charge in [-0.25, -0.2) is 0 Å². The van der Waals surface area contributed by atoms with Crippen molar-refractivity contribution in [3.05, 3.63) is 50.8 Å². The molecule has 2 rings (SSSR count). The molecule has 1 aromatic carbocycles. The van der Waals surface area contributed by atoms with Crippen LogP contribution in [0.4, 0.5) is 0 Å². The second-order valence-corrected chi connectivity index (χ2v) is 4.94. The summed E-state index contributed by atoms with van der Waals surface area (Å²) in [5.41, 5.74) is 1.92. The number of nitrogens with zero attached hydrogens (tertiary/aromatic N) is 1. The van der Waals surface area contributed by atoms with Gasteiger partial charge in [0.05, 0.1) is 15.7 Å². The van der Waals surface area contributed by atoms with Crippen LogP contribution in [0.5, 0.6) is 0 Å². The average Bonchev–Trinajstić information content (AvgIpc) is 2.70. The highest BCUT2D eigenvalue weighted by Gasteiger charge is 2.16. The second-order valence-electron chi connectivity index (χ2n) is 4.13. The standard InChI is InChI=1S/C13H12Cl2N2O2/c1-7-12(8(2)19-17-7)13(18)16-6-9-3-4-10(14)11(15)5-9/h3-5H,6H2,1-2H3,(H,16,18). The van der Waals surface area contributed by atoms with Gasteiger partial charge < -0.3 is 9.84 Å². The molecule has 0 bridgehead atoms. The lowest BCUT2D eigenvalue weighted by Gasteiger charge is -2.06. The van der Waals surface area contributed by atoms with Crippen LogP contribution >= 0.6 is 23.2 Å². The molecule has 0 spiro atoms. The molecule has 0 fully saturated rings. The van der Waals surface area contributed by atoms with Gasteiger partial charge in [0.2, 0.25) is 0 Å². The molecule has 4 nitrogen and oxygen atoms in total. The first-order valence-corrected chi connectivity index (χ1v) is 6.39. The van der Waals surface area contributed by atoms with E-state index in [-0.39, 0.29) is 5.91 Å². The summed E-state index contributed by atoms with van der Waals surface area (Å²) in [7, 11) is 0. The van der Waals surface area contributed by atoms with E-state index in [9.17, 15) is 4.79 Å². The number of carbonyl (C=O) groups excluding carboxylic acids is 1. The van der Waals surface area contributed by atoms with Gasteiger partial charge in [-0.15, -0.1) is 0 Å². The third-order valence-electron chi connectivity index (χ3n) is 2.70. The fourth-order valence-corrected chi connectivity index (χ4v) is 2.05. The first-order chi connectivity index (χ1) is 8.99. The molecule has 2 aromatic rings. The smallest absolute Gasteiger partial charge is 0.257 e. The Balaban J connectivity index is 2.06. The zero-order valence-electron chi connectivity index (χ0n) is 10.5. The van der Waals surface area contributed by atoms with Crippen molar-refractivity contribution in [1.29, 1.82) is 0 Å². The van der Waals surface area contributed by atoms with Gasteiger partial charge in [0.15, 0.2) is 0 Å². The first-order valence-electron chi connectivity index (χ1n) is 5.64. The Morgan fingerprint density at radius 1 is 1.32 bits per heavy atom. The van der Waals surface area contributed by atoms with Gasteiger partial charge in [-0.3, -0.25) is 4.79 Å². The Kier molecular flexibility index (Phi) is 4.12. The minimum atomic E-state index is -0.220. The third-order valence-corrected chi connectivity index (χ3v) is 3.44. The molecule has 1 N–H and O–H groups in total. The Morgan fingerprint density at radius 2 is 2.05 bits per heavy atom. The molecule has 0 aliphatic rings. The van der Waals surface area contributed by atoms with E-state index in [0.717, 1.165) is 5.56 Å². The van der Waals surface area contributed by atoms with Crippen LogP contribution in [-0.4, -0.2) is 11.1 Å². The number of carbonyl (C=O) groups is 1. The number of amides is 1. The van der Waals surface area contributed by atoms with Crippen LogP contribution in [0.3, 0.4) is 0 Å². The topological polar surface area (TPSA) is 55.1 Å². The van der Waals surface area contributed by atoms with E-state index in [0.29, 0.717) is 33.6 Å². The van der Waals surface area contributed by atoms with E-state index >= 15 is 0 Å². The lowest BCUT2D eigenvalue weighted by atomic mass is 10.2. The van der Waals surface area contributed by atoms with Gasteiger partial charge in [-0.05, 0) is 31.5 Å². The van der Waals surface area contributed by atoms with E-state index in [4.69, 9.17) is 27.7 Å². The number of hydrogen-bond donors (Lipinski definition) is 1. The van der Waals surface area contributed by atoms with Crippen LogP contribution in [0.15, 0.2) is 22.7 Å². The van der Waals surface area contributed by atoms with Gasteiger partial charge >= 0.3 is 0 Å². The maximum absolute atomic E-state index is 12.0. The highest BCUT2D eigenvalue weighted by molar-refractivity contribution is 6.42. The van der Waals surface area contributed by atoms with Crippen molar-refractivity contribution in [2.45, 2.75) is 20.4 Å². The Hall–Kier alpha value is -1.52. The minimum Gasteiger partial charge on any atom is -0.361 e. The molecule has 100 valence electrons. The average molecular weight is 299 g/mol. The van der Waals surface area contributed by atoms with Crippen molar-refractivity contribution in [3.8, 4) is 0 Å². The van der Waals surface area contributed by atoms with E-state index in [1.54, 1.807) is 26.0 Å². The molecular weight excluding hydrogens is 287 g/mol. The summed E-state index contributed by atoms with van der Waals surface area (Å²) in [6.07, 6.45) is 0. The summed E-state index contributed by atoms with van der Waals surface area (Å²) in [5, 5.41) is 7.48. The van der Waals surface area contributed by atoms with Crippen LogP contribution in [-0.2, 0) is 6.54 Å². The monoisotopic (exact) mass is 298 g/mol. The zero-order chi connectivity index (χ0) is 14.0. The molecular formula is C13H12Cl2N2O2. The number of aromatic nitrogens is 1. The number of hydrogen-bond acceptors (Lipinski definition) is 3. The number of benzene rings is 1. The quantitative estimate of drug-likeness (QED) is 0.943. The normalized spacial score (nSPS) is 10.5.